The SMILES string of the molecule is C1=CC2C(CC1)c1ccccc1N2c1ccc2c(c1)oc1cc(-c3cccc4sc5c(C6=NC(c7ccccc7)NC(c7ccccc7)=N6)cccc5c34)ccc12. The summed E-state index contributed by atoms with van der Waals surface area (Å²) in [7, 11) is 0. The molecule has 0 saturated heterocycles. The van der Waals surface area contributed by atoms with Gasteiger partial charge in [-0.3, -0.25) is 0 Å². The molecule has 6 heteroatoms. The van der Waals surface area contributed by atoms with Crippen molar-refractivity contribution in [3.05, 3.63) is 192 Å². The van der Waals surface area contributed by atoms with Gasteiger partial charge in [0.2, 0.25) is 0 Å². The van der Waals surface area contributed by atoms with E-state index in [1.54, 1.807) is 11.3 Å². The first kappa shape index (κ1) is 32.5. The third kappa shape index (κ3) is 5.21. The van der Waals surface area contributed by atoms with Crippen LogP contribution < -0.4 is 10.2 Å². The first-order chi connectivity index (χ1) is 28.2. The van der Waals surface area contributed by atoms with Crippen molar-refractivity contribution < 1.29 is 4.42 Å². The van der Waals surface area contributed by atoms with Crippen LogP contribution in [0.2, 0.25) is 0 Å². The third-order valence-corrected chi connectivity index (χ3v) is 13.2. The number of fused-ring (bicyclic) bond motifs is 9. The van der Waals surface area contributed by atoms with Crippen LogP contribution >= 0.6 is 11.3 Å². The van der Waals surface area contributed by atoms with Gasteiger partial charge in [-0.1, -0.05) is 121 Å². The molecule has 0 bridgehead atoms. The van der Waals surface area contributed by atoms with Crippen LogP contribution in [0.25, 0.3) is 53.2 Å². The minimum absolute atomic E-state index is 0.257. The van der Waals surface area contributed by atoms with Gasteiger partial charge in [0.05, 0.1) is 6.04 Å². The largest absolute Gasteiger partial charge is 0.456 e. The standard InChI is InChI=1S/C51H36N4OS/c1-3-13-31(14-4-1)49-52-50(32-15-5-2-6-16-32)54-51(53-49)41-21-11-20-40-47-35(19-12-24-46(47)57-48(40)41)33-25-27-38-39-28-26-34(30-45(39)56-44(38)29-33)55-42-22-9-7-17-36(42)37-18-8-10-23-43(37)55/h1-7,9-17,19-30,37,43,49H,8,18H2,(H,52,53,54). The van der Waals surface area contributed by atoms with Gasteiger partial charge >= 0.3 is 0 Å². The van der Waals surface area contributed by atoms with E-state index in [1.807, 2.05) is 24.3 Å². The van der Waals surface area contributed by atoms with E-state index in [9.17, 15) is 0 Å². The van der Waals surface area contributed by atoms with Crippen LogP contribution in [0.1, 0.15) is 47.2 Å². The number of anilines is 2. The van der Waals surface area contributed by atoms with Gasteiger partial charge in [0.25, 0.3) is 0 Å². The van der Waals surface area contributed by atoms with Crippen LogP contribution in [-0.2, 0) is 0 Å². The summed E-state index contributed by atoms with van der Waals surface area (Å²) in [5.41, 5.74) is 11.2. The van der Waals surface area contributed by atoms with Crippen molar-refractivity contribution in [3.8, 4) is 11.1 Å². The summed E-state index contributed by atoms with van der Waals surface area (Å²) < 4.78 is 9.14. The van der Waals surface area contributed by atoms with E-state index in [1.165, 1.54) is 49.1 Å². The van der Waals surface area contributed by atoms with Crippen LogP contribution in [0.5, 0.6) is 0 Å². The maximum Gasteiger partial charge on any atom is 0.160 e. The Morgan fingerprint density at radius 2 is 1.44 bits per heavy atom. The molecule has 4 heterocycles. The number of hydrogen-bond donors (Lipinski definition) is 1. The van der Waals surface area contributed by atoms with Gasteiger partial charge in [0, 0.05) is 65.4 Å². The average molecular weight is 753 g/mol. The molecule has 7 aromatic carbocycles. The first-order valence-corrected chi connectivity index (χ1v) is 20.6. The van der Waals surface area contributed by atoms with E-state index in [0.29, 0.717) is 12.0 Å². The molecule has 1 aliphatic carbocycles. The number of allylic oxidation sites excluding steroid dienone is 1. The predicted octanol–water partition coefficient (Wildman–Crippen LogP) is 13.1. The fraction of sp³-hybridized carbons (Fsp3) is 0.0980. The predicted molar refractivity (Wildman–Crippen MR) is 237 cm³/mol. The molecule has 2 aromatic heterocycles. The van der Waals surface area contributed by atoms with E-state index >= 15 is 0 Å². The third-order valence-electron chi connectivity index (χ3n) is 12.0. The van der Waals surface area contributed by atoms with Crippen molar-refractivity contribution in [3.63, 3.8) is 0 Å². The van der Waals surface area contributed by atoms with Crippen molar-refractivity contribution in [1.82, 2.24) is 5.32 Å². The molecule has 1 N–H and O–H groups in total. The molecule has 3 aliphatic rings. The molecule has 5 nitrogen and oxygen atoms in total. The number of nitrogens with one attached hydrogen (secondary N) is 1. The van der Waals surface area contributed by atoms with E-state index in [-0.39, 0.29) is 6.17 Å². The van der Waals surface area contributed by atoms with Gasteiger partial charge in [-0.25, -0.2) is 9.98 Å². The smallest absolute Gasteiger partial charge is 0.160 e. The second-order valence-electron chi connectivity index (χ2n) is 15.2. The zero-order chi connectivity index (χ0) is 37.5. The number of hydrogen-bond acceptors (Lipinski definition) is 6. The Morgan fingerprint density at radius 1 is 0.667 bits per heavy atom. The van der Waals surface area contributed by atoms with Crippen molar-refractivity contribution in [2.45, 2.75) is 31.0 Å². The topological polar surface area (TPSA) is 53.1 Å². The summed E-state index contributed by atoms with van der Waals surface area (Å²) in [6.07, 6.45) is 6.81. The number of furan rings is 1. The fourth-order valence-corrected chi connectivity index (χ4v) is 10.6. The highest BCUT2D eigenvalue weighted by molar-refractivity contribution is 7.26. The second-order valence-corrected chi connectivity index (χ2v) is 16.3. The monoisotopic (exact) mass is 752 g/mol. The molecule has 0 amide bonds. The van der Waals surface area contributed by atoms with Crippen LogP contribution in [0, 0.1) is 0 Å². The number of amidine groups is 2. The highest BCUT2D eigenvalue weighted by Crippen LogP contribution is 2.50. The number of rotatable bonds is 5. The maximum atomic E-state index is 6.73. The number of para-hydroxylation sites is 1. The van der Waals surface area contributed by atoms with Crippen LogP contribution in [0.3, 0.4) is 0 Å². The molecular weight excluding hydrogens is 717 g/mol. The molecule has 9 aromatic rings. The quantitative estimate of drug-likeness (QED) is 0.178. The minimum atomic E-state index is -0.257. The summed E-state index contributed by atoms with van der Waals surface area (Å²) in [5, 5.41) is 8.31. The highest BCUT2D eigenvalue weighted by Gasteiger charge is 2.38. The number of benzene rings is 7. The van der Waals surface area contributed by atoms with E-state index in [0.717, 1.165) is 62.3 Å². The Hall–Kier alpha value is -6.76. The lowest BCUT2D eigenvalue weighted by Crippen LogP contribution is -2.33. The van der Waals surface area contributed by atoms with Gasteiger partial charge in [-0.2, -0.15) is 0 Å². The summed E-state index contributed by atoms with van der Waals surface area (Å²) in [5.74, 6) is 2.07. The second kappa shape index (κ2) is 12.9. The summed E-state index contributed by atoms with van der Waals surface area (Å²) in [6.45, 7) is 0. The maximum absolute atomic E-state index is 6.73. The van der Waals surface area contributed by atoms with Gasteiger partial charge in [-0.15, -0.1) is 11.3 Å². The zero-order valence-electron chi connectivity index (χ0n) is 31.0. The Kier molecular flexibility index (Phi) is 7.35. The van der Waals surface area contributed by atoms with Crippen molar-refractivity contribution in [2.24, 2.45) is 9.98 Å². The van der Waals surface area contributed by atoms with Gasteiger partial charge < -0.3 is 14.6 Å². The van der Waals surface area contributed by atoms with Crippen molar-refractivity contribution >= 4 is 76.5 Å². The number of thiophene rings is 1. The van der Waals surface area contributed by atoms with Crippen LogP contribution in [0.15, 0.2) is 184 Å². The Labute approximate surface area is 333 Å². The Bertz CT molecular complexity index is 3140. The average Bonchev–Trinajstić information content (AvgIpc) is 3.96. The minimum Gasteiger partial charge on any atom is -0.456 e. The highest BCUT2D eigenvalue weighted by atomic mass is 32.1. The van der Waals surface area contributed by atoms with Gasteiger partial charge in [-0.05, 0) is 77.6 Å². The molecule has 2 aliphatic heterocycles. The first-order valence-electron chi connectivity index (χ1n) is 19.7. The molecule has 0 spiro atoms. The van der Waals surface area contributed by atoms with Gasteiger partial charge in [0.15, 0.2) is 5.84 Å². The molecule has 0 radical (unpaired) electrons. The molecular formula is C51H36N4OS. The molecule has 57 heavy (non-hydrogen) atoms. The molecule has 3 atom stereocenters. The van der Waals surface area contributed by atoms with E-state index in [2.05, 4.69) is 156 Å². The van der Waals surface area contributed by atoms with E-state index < -0.39 is 0 Å². The summed E-state index contributed by atoms with van der Waals surface area (Å²) >= 11 is 1.81. The number of aliphatic imine (C=N–C) groups is 2. The summed E-state index contributed by atoms with van der Waals surface area (Å²) in [4.78, 5) is 12.9. The summed E-state index contributed by atoms with van der Waals surface area (Å²) in [6, 6.07) is 56.6. The van der Waals surface area contributed by atoms with Crippen LogP contribution in [0.4, 0.5) is 11.4 Å². The number of nitrogens with zero attached hydrogens (tertiary/aromatic N) is 3. The lowest BCUT2D eigenvalue weighted by molar-refractivity contribution is 0.572. The van der Waals surface area contributed by atoms with Crippen molar-refractivity contribution in [1.29, 1.82) is 0 Å². The lowest BCUT2D eigenvalue weighted by atomic mass is 9.86. The van der Waals surface area contributed by atoms with E-state index in [4.69, 9.17) is 14.4 Å². The molecule has 272 valence electrons. The Balaban J connectivity index is 0.958. The lowest BCUT2D eigenvalue weighted by Gasteiger charge is -2.30. The molecule has 12 rings (SSSR count). The molecule has 3 unspecified atom stereocenters. The zero-order valence-corrected chi connectivity index (χ0v) is 31.8. The van der Waals surface area contributed by atoms with Crippen LogP contribution in [-0.4, -0.2) is 17.7 Å². The molecule has 0 saturated carbocycles. The van der Waals surface area contributed by atoms with Crippen molar-refractivity contribution in [2.75, 3.05) is 4.90 Å². The van der Waals surface area contributed by atoms with Gasteiger partial charge in [0.1, 0.15) is 23.2 Å². The molecule has 0 fully saturated rings. The fourth-order valence-electron chi connectivity index (χ4n) is 9.38. The normalized spacial score (nSPS) is 18.8. The Morgan fingerprint density at radius 3 is 2.33 bits per heavy atom.